The van der Waals surface area contributed by atoms with Crippen molar-refractivity contribution in [1.29, 1.82) is 0 Å². The van der Waals surface area contributed by atoms with E-state index in [4.69, 9.17) is 13.9 Å². The van der Waals surface area contributed by atoms with Crippen LogP contribution in [0.2, 0.25) is 0 Å². The molecule has 4 aromatic rings. The van der Waals surface area contributed by atoms with Crippen molar-refractivity contribution in [2.75, 3.05) is 6.61 Å². The molecule has 0 bridgehead atoms. The van der Waals surface area contributed by atoms with Crippen LogP contribution in [0.15, 0.2) is 52.9 Å². The van der Waals surface area contributed by atoms with Gasteiger partial charge in [-0.15, -0.1) is 0 Å². The summed E-state index contributed by atoms with van der Waals surface area (Å²) in [6.07, 6.45) is 2.28. The van der Waals surface area contributed by atoms with E-state index in [2.05, 4.69) is 15.0 Å². The molecule has 6 nitrogen and oxygen atoms in total. The van der Waals surface area contributed by atoms with Gasteiger partial charge in [-0.05, 0) is 49.9 Å². The monoisotopic (exact) mass is 391 g/mol. The van der Waals surface area contributed by atoms with Gasteiger partial charge in [-0.1, -0.05) is 29.8 Å². The Morgan fingerprint density at radius 3 is 2.72 bits per heavy atom. The average Bonchev–Trinajstić information content (AvgIpc) is 3.44. The van der Waals surface area contributed by atoms with Crippen LogP contribution in [0.3, 0.4) is 0 Å². The quantitative estimate of drug-likeness (QED) is 0.443. The second-order valence-electron chi connectivity index (χ2n) is 7.14. The lowest BCUT2D eigenvalue weighted by atomic mass is 10.1. The summed E-state index contributed by atoms with van der Waals surface area (Å²) in [5, 5.41) is 0. The molecular formula is C22H18FN3O3. The SMILES string of the molecule is Cc1cccc(-c2nc3c(OCC4CC4)nc(Oc4ccccc4F)nc3o2)c1. The van der Waals surface area contributed by atoms with Crippen molar-refractivity contribution in [2.45, 2.75) is 19.8 Å². The number of rotatable bonds is 6. The van der Waals surface area contributed by atoms with E-state index in [0.717, 1.165) is 24.0 Å². The minimum Gasteiger partial charge on any atom is -0.476 e. The number of fused-ring (bicyclic) bond motifs is 1. The average molecular weight is 391 g/mol. The number of para-hydroxylation sites is 1. The number of aromatic nitrogens is 3. The third-order valence-corrected chi connectivity index (χ3v) is 4.66. The first-order valence-corrected chi connectivity index (χ1v) is 9.46. The highest BCUT2D eigenvalue weighted by molar-refractivity contribution is 5.78. The van der Waals surface area contributed by atoms with Gasteiger partial charge in [-0.25, -0.2) is 9.37 Å². The Morgan fingerprint density at radius 2 is 1.93 bits per heavy atom. The summed E-state index contributed by atoms with van der Waals surface area (Å²) in [6.45, 7) is 2.54. The van der Waals surface area contributed by atoms with Crippen molar-refractivity contribution in [3.63, 3.8) is 0 Å². The van der Waals surface area contributed by atoms with Crippen LogP contribution in [-0.2, 0) is 0 Å². The van der Waals surface area contributed by atoms with E-state index >= 15 is 0 Å². The molecule has 1 saturated carbocycles. The molecule has 0 N–H and O–H groups in total. The number of oxazole rings is 1. The summed E-state index contributed by atoms with van der Waals surface area (Å²) in [5.41, 5.74) is 2.56. The van der Waals surface area contributed by atoms with Gasteiger partial charge < -0.3 is 13.9 Å². The highest BCUT2D eigenvalue weighted by atomic mass is 19.1. The van der Waals surface area contributed by atoms with Gasteiger partial charge >= 0.3 is 6.01 Å². The van der Waals surface area contributed by atoms with Gasteiger partial charge in [0, 0.05) is 5.56 Å². The number of ether oxygens (including phenoxy) is 2. The van der Waals surface area contributed by atoms with Gasteiger partial charge in [-0.3, -0.25) is 0 Å². The Kier molecular flexibility index (Phi) is 4.35. The first kappa shape index (κ1) is 17.6. The number of halogens is 1. The predicted molar refractivity (Wildman–Crippen MR) is 104 cm³/mol. The van der Waals surface area contributed by atoms with E-state index in [1.807, 2.05) is 31.2 Å². The van der Waals surface area contributed by atoms with E-state index in [9.17, 15) is 4.39 Å². The zero-order chi connectivity index (χ0) is 19.8. The Labute approximate surface area is 166 Å². The van der Waals surface area contributed by atoms with Crippen LogP contribution in [0.25, 0.3) is 22.7 Å². The Hall–Kier alpha value is -3.48. The van der Waals surface area contributed by atoms with Crippen LogP contribution in [0.1, 0.15) is 18.4 Å². The van der Waals surface area contributed by atoms with Crippen molar-refractivity contribution in [1.82, 2.24) is 15.0 Å². The van der Waals surface area contributed by atoms with Crippen LogP contribution in [-0.4, -0.2) is 21.6 Å². The lowest BCUT2D eigenvalue weighted by Crippen LogP contribution is -2.03. The maximum absolute atomic E-state index is 14.0. The standard InChI is InChI=1S/C22H18FN3O3/c1-13-5-4-6-15(11-13)19-24-18-20(27-12-14-9-10-14)25-22(26-21(18)29-19)28-17-8-3-2-7-16(17)23/h2-8,11,14H,9-10,12H2,1H3. The molecular weight excluding hydrogens is 373 g/mol. The molecule has 0 aliphatic heterocycles. The molecule has 29 heavy (non-hydrogen) atoms. The molecule has 1 aliphatic carbocycles. The molecule has 146 valence electrons. The molecule has 1 fully saturated rings. The van der Waals surface area contributed by atoms with E-state index < -0.39 is 5.82 Å². The molecule has 2 heterocycles. The lowest BCUT2D eigenvalue weighted by molar-refractivity contribution is 0.286. The molecule has 2 aromatic carbocycles. The maximum atomic E-state index is 14.0. The second-order valence-corrected chi connectivity index (χ2v) is 7.14. The van der Waals surface area contributed by atoms with Crippen LogP contribution in [0.4, 0.5) is 4.39 Å². The summed E-state index contributed by atoms with van der Waals surface area (Å²) >= 11 is 0. The number of nitrogens with zero attached hydrogens (tertiary/aromatic N) is 3. The summed E-state index contributed by atoms with van der Waals surface area (Å²) in [6, 6.07) is 13.8. The van der Waals surface area contributed by atoms with Crippen molar-refractivity contribution in [3.05, 3.63) is 59.9 Å². The van der Waals surface area contributed by atoms with Crippen LogP contribution >= 0.6 is 0 Å². The van der Waals surface area contributed by atoms with Crippen LogP contribution in [0.5, 0.6) is 17.6 Å². The van der Waals surface area contributed by atoms with Crippen molar-refractivity contribution >= 4 is 11.2 Å². The van der Waals surface area contributed by atoms with Gasteiger partial charge in [0.15, 0.2) is 17.1 Å². The largest absolute Gasteiger partial charge is 0.476 e. The third-order valence-electron chi connectivity index (χ3n) is 4.66. The number of hydrogen-bond donors (Lipinski definition) is 0. The fourth-order valence-corrected chi connectivity index (χ4v) is 2.93. The topological polar surface area (TPSA) is 70.3 Å². The highest BCUT2D eigenvalue weighted by Crippen LogP contribution is 2.34. The van der Waals surface area contributed by atoms with E-state index in [0.29, 0.717) is 23.9 Å². The predicted octanol–water partition coefficient (Wildman–Crippen LogP) is 5.31. The summed E-state index contributed by atoms with van der Waals surface area (Å²) in [7, 11) is 0. The van der Waals surface area contributed by atoms with E-state index in [1.54, 1.807) is 12.1 Å². The molecule has 2 aromatic heterocycles. The maximum Gasteiger partial charge on any atom is 0.328 e. The zero-order valence-corrected chi connectivity index (χ0v) is 15.8. The normalized spacial score (nSPS) is 13.6. The Balaban J connectivity index is 1.56. The van der Waals surface area contributed by atoms with Gasteiger partial charge in [0.25, 0.3) is 11.6 Å². The van der Waals surface area contributed by atoms with Crippen molar-refractivity contribution in [2.24, 2.45) is 5.92 Å². The van der Waals surface area contributed by atoms with Crippen molar-refractivity contribution < 1.29 is 18.3 Å². The summed E-state index contributed by atoms with van der Waals surface area (Å²) in [5.74, 6) is 0.736. The molecule has 0 spiro atoms. The first-order valence-electron chi connectivity index (χ1n) is 9.46. The summed E-state index contributed by atoms with van der Waals surface area (Å²) in [4.78, 5) is 13.1. The molecule has 0 radical (unpaired) electrons. The van der Waals surface area contributed by atoms with Gasteiger partial charge in [0.1, 0.15) is 0 Å². The Morgan fingerprint density at radius 1 is 1.07 bits per heavy atom. The lowest BCUT2D eigenvalue weighted by Gasteiger charge is -2.07. The number of aryl methyl sites for hydroxylation is 1. The molecule has 1 aliphatic rings. The fourth-order valence-electron chi connectivity index (χ4n) is 2.93. The van der Waals surface area contributed by atoms with Gasteiger partial charge in [0.2, 0.25) is 5.89 Å². The smallest absolute Gasteiger partial charge is 0.328 e. The molecule has 0 amide bonds. The van der Waals surface area contributed by atoms with Crippen molar-refractivity contribution in [3.8, 4) is 29.1 Å². The minimum atomic E-state index is -0.505. The zero-order valence-electron chi connectivity index (χ0n) is 15.8. The first-order chi connectivity index (χ1) is 14.2. The molecule has 7 heteroatoms. The fraction of sp³-hybridized carbons (Fsp3) is 0.227. The van der Waals surface area contributed by atoms with Gasteiger partial charge in [0.05, 0.1) is 6.61 Å². The summed E-state index contributed by atoms with van der Waals surface area (Å²) < 4.78 is 31.3. The minimum absolute atomic E-state index is 0.0263. The highest BCUT2D eigenvalue weighted by Gasteiger charge is 2.25. The number of benzene rings is 2. The number of hydrogen-bond acceptors (Lipinski definition) is 6. The van der Waals surface area contributed by atoms with Gasteiger partial charge in [-0.2, -0.15) is 9.97 Å². The van der Waals surface area contributed by atoms with Crippen LogP contribution in [0, 0.1) is 18.7 Å². The van der Waals surface area contributed by atoms with E-state index in [1.165, 1.54) is 12.1 Å². The third kappa shape index (κ3) is 3.76. The molecule has 0 unspecified atom stereocenters. The molecule has 0 atom stereocenters. The second kappa shape index (κ2) is 7.16. The molecule has 0 saturated heterocycles. The molecule has 5 rings (SSSR count). The van der Waals surface area contributed by atoms with Crippen LogP contribution < -0.4 is 9.47 Å². The Bertz CT molecular complexity index is 1190. The van der Waals surface area contributed by atoms with E-state index in [-0.39, 0.29) is 23.4 Å².